The smallest absolute Gasteiger partial charge is 0.276 e. The number of para-hydroxylation sites is 2. The van der Waals surface area contributed by atoms with Gasteiger partial charge in [-0.1, -0.05) is 36.4 Å². The predicted molar refractivity (Wildman–Crippen MR) is 166 cm³/mol. The first-order valence-electron chi connectivity index (χ1n) is 13.7. The molecule has 0 radical (unpaired) electrons. The summed E-state index contributed by atoms with van der Waals surface area (Å²) >= 11 is 0.313. The van der Waals surface area contributed by atoms with Crippen LogP contribution in [0.5, 0.6) is 0 Å². The Labute approximate surface area is 251 Å². The van der Waals surface area contributed by atoms with E-state index in [1.807, 2.05) is 53.8 Å². The number of hydrogen-bond donors (Lipinski definition) is 1. The molecule has 4 aromatic rings. The van der Waals surface area contributed by atoms with E-state index in [4.69, 9.17) is 4.98 Å². The Bertz CT molecular complexity index is 1630. The number of anilines is 3. The molecule has 1 unspecified atom stereocenters. The molecule has 8 nitrogen and oxygen atoms in total. The fourth-order valence-corrected chi connectivity index (χ4v) is 7.40. The van der Waals surface area contributed by atoms with Crippen molar-refractivity contribution in [1.82, 2.24) is 9.29 Å². The van der Waals surface area contributed by atoms with Crippen LogP contribution in [0.15, 0.2) is 66.7 Å². The fourth-order valence-electron chi connectivity index (χ4n) is 5.29. The maximum absolute atomic E-state index is 14.4. The number of nitrogens with one attached hydrogen (secondary N) is 1. The maximum Gasteiger partial charge on any atom is 0.276 e. The summed E-state index contributed by atoms with van der Waals surface area (Å²) in [5, 5.41) is 2.73. The number of aryl methyl sites for hydroxylation is 1. The van der Waals surface area contributed by atoms with Crippen LogP contribution >= 0.6 is 11.3 Å². The Morgan fingerprint density at radius 3 is 2.67 bits per heavy atom. The lowest BCUT2D eigenvalue weighted by Crippen LogP contribution is -2.34. The maximum atomic E-state index is 14.4. The van der Waals surface area contributed by atoms with Gasteiger partial charge in [0.15, 0.2) is 0 Å². The van der Waals surface area contributed by atoms with E-state index in [0.29, 0.717) is 60.3 Å². The molecule has 4 heterocycles. The third-order valence-electron chi connectivity index (χ3n) is 7.63. The minimum absolute atomic E-state index is 0.179. The SMILES string of the molecule is Cc1cccc(F)c1NC(=O)c1cc2c(s1)-c1ccccc1N(C(=O)c1cccc(N3CCN(C)[S+]([O-])CC3)n1)CC2. The number of nitrogens with zero attached hydrogens (tertiary/aromatic N) is 4. The normalized spacial score (nSPS) is 17.2. The minimum Gasteiger partial charge on any atom is -0.598 e. The van der Waals surface area contributed by atoms with Crippen LogP contribution < -0.4 is 15.1 Å². The second kappa shape index (κ2) is 11.8. The van der Waals surface area contributed by atoms with Gasteiger partial charge < -0.3 is 19.7 Å². The van der Waals surface area contributed by atoms with Gasteiger partial charge in [0.1, 0.15) is 23.1 Å². The summed E-state index contributed by atoms with van der Waals surface area (Å²) in [4.78, 5) is 37.0. The molecule has 2 aromatic carbocycles. The van der Waals surface area contributed by atoms with Gasteiger partial charge in [0, 0.05) is 41.9 Å². The number of hydrogen-bond acceptors (Lipinski definition) is 7. The molecule has 2 aromatic heterocycles. The summed E-state index contributed by atoms with van der Waals surface area (Å²) in [6.07, 6.45) is 0.544. The van der Waals surface area contributed by atoms with E-state index in [1.165, 1.54) is 17.4 Å². The number of carbonyl (C=O) groups excluding carboxylic acids is 2. The summed E-state index contributed by atoms with van der Waals surface area (Å²) in [5.41, 5.74) is 3.74. The average Bonchev–Trinajstić information content (AvgIpc) is 3.27. The number of aromatic nitrogens is 1. The molecule has 0 saturated carbocycles. The number of thiophene rings is 1. The molecule has 0 aliphatic carbocycles. The van der Waals surface area contributed by atoms with E-state index in [0.717, 1.165) is 21.7 Å². The highest BCUT2D eigenvalue weighted by Crippen LogP contribution is 2.42. The average molecular weight is 604 g/mol. The zero-order valence-electron chi connectivity index (χ0n) is 23.3. The van der Waals surface area contributed by atoms with Crippen LogP contribution in [0, 0.1) is 12.7 Å². The Kier molecular flexibility index (Phi) is 8.00. The number of benzene rings is 2. The van der Waals surface area contributed by atoms with Crippen LogP contribution in [0.1, 0.15) is 31.3 Å². The van der Waals surface area contributed by atoms with Gasteiger partial charge >= 0.3 is 0 Å². The molecule has 2 aliphatic heterocycles. The molecule has 1 saturated heterocycles. The van der Waals surface area contributed by atoms with Gasteiger partial charge in [-0.05, 0) is 54.8 Å². The molecule has 2 aliphatic rings. The van der Waals surface area contributed by atoms with E-state index >= 15 is 0 Å². The molecule has 11 heteroatoms. The van der Waals surface area contributed by atoms with Crippen LogP contribution in [-0.4, -0.2) is 64.6 Å². The quantitative estimate of drug-likeness (QED) is 0.326. The highest BCUT2D eigenvalue weighted by atomic mass is 32.2. The number of pyridine rings is 1. The van der Waals surface area contributed by atoms with Crippen molar-refractivity contribution in [3.8, 4) is 10.4 Å². The molecule has 42 heavy (non-hydrogen) atoms. The van der Waals surface area contributed by atoms with Crippen molar-refractivity contribution in [2.45, 2.75) is 13.3 Å². The Morgan fingerprint density at radius 2 is 1.83 bits per heavy atom. The number of amides is 2. The summed E-state index contributed by atoms with van der Waals surface area (Å²) in [6, 6.07) is 19.7. The topological polar surface area (TPSA) is 91.8 Å². The van der Waals surface area contributed by atoms with Crippen LogP contribution in [0.4, 0.5) is 21.6 Å². The molecule has 1 fully saturated rings. The largest absolute Gasteiger partial charge is 0.598 e. The van der Waals surface area contributed by atoms with Gasteiger partial charge in [-0.25, -0.2) is 9.37 Å². The lowest BCUT2D eigenvalue weighted by atomic mass is 10.1. The van der Waals surface area contributed by atoms with Crippen molar-refractivity contribution >= 4 is 51.7 Å². The number of rotatable bonds is 4. The Balaban J connectivity index is 1.27. The zero-order valence-corrected chi connectivity index (χ0v) is 24.9. The van der Waals surface area contributed by atoms with Crippen molar-refractivity contribution in [3.63, 3.8) is 0 Å². The van der Waals surface area contributed by atoms with Crippen molar-refractivity contribution in [2.75, 3.05) is 54.1 Å². The van der Waals surface area contributed by atoms with Gasteiger partial charge in [0.05, 0.1) is 29.3 Å². The second-order valence-electron chi connectivity index (χ2n) is 10.3. The summed E-state index contributed by atoms with van der Waals surface area (Å²) < 4.78 is 28.5. The lowest BCUT2D eigenvalue weighted by Gasteiger charge is -2.24. The second-order valence-corrected chi connectivity index (χ2v) is 13.0. The van der Waals surface area contributed by atoms with Gasteiger partial charge in [-0.2, -0.15) is 0 Å². The van der Waals surface area contributed by atoms with Crippen LogP contribution in [0.2, 0.25) is 0 Å². The first-order chi connectivity index (χ1) is 20.3. The molecular weight excluding hydrogens is 574 g/mol. The molecule has 0 bridgehead atoms. The van der Waals surface area contributed by atoms with E-state index in [9.17, 15) is 18.5 Å². The van der Waals surface area contributed by atoms with Crippen LogP contribution in [0.25, 0.3) is 10.4 Å². The van der Waals surface area contributed by atoms with E-state index in [2.05, 4.69) is 10.2 Å². The van der Waals surface area contributed by atoms with E-state index in [1.54, 1.807) is 30.0 Å². The van der Waals surface area contributed by atoms with Crippen molar-refractivity contribution in [2.24, 2.45) is 0 Å². The molecule has 216 valence electrons. The molecule has 1 N–H and O–H groups in total. The number of carbonyl (C=O) groups is 2. The standard InChI is InChI=1S/C31H30FN5O3S2/c1-20-7-5-9-23(32)28(20)34-30(38)26-19-21-13-14-37(25-11-4-3-8-22(25)29(21)41-26)31(39)24-10-6-12-27(33-24)36-16-15-35(2)42(40)18-17-36/h3-12,19H,13-18H2,1-2H3,(H,34,38). The number of fused-ring (bicyclic) bond motifs is 3. The molecular formula is C31H30FN5O3S2. The van der Waals surface area contributed by atoms with Gasteiger partial charge in [-0.3, -0.25) is 9.59 Å². The third kappa shape index (κ3) is 5.52. The zero-order chi connectivity index (χ0) is 29.4. The van der Waals surface area contributed by atoms with Crippen molar-refractivity contribution in [3.05, 3.63) is 94.2 Å². The highest BCUT2D eigenvalue weighted by molar-refractivity contribution is 7.89. The minimum atomic E-state index is -1.03. The molecule has 1 atom stereocenters. The monoisotopic (exact) mass is 603 g/mol. The summed E-state index contributed by atoms with van der Waals surface area (Å²) in [5.74, 6) is 0.158. The lowest BCUT2D eigenvalue weighted by molar-refractivity contribution is 0.0981. The van der Waals surface area contributed by atoms with E-state index < -0.39 is 17.2 Å². The Hall–Kier alpha value is -3.77. The van der Waals surface area contributed by atoms with Crippen LogP contribution in [0.3, 0.4) is 0 Å². The molecule has 6 rings (SSSR count). The Morgan fingerprint density at radius 1 is 1.02 bits per heavy atom. The van der Waals surface area contributed by atoms with Gasteiger partial charge in [-0.15, -0.1) is 15.6 Å². The van der Waals surface area contributed by atoms with E-state index in [-0.39, 0.29) is 17.5 Å². The fraction of sp³-hybridized carbons (Fsp3) is 0.258. The highest BCUT2D eigenvalue weighted by Gasteiger charge is 2.29. The molecule has 0 spiro atoms. The summed E-state index contributed by atoms with van der Waals surface area (Å²) in [7, 11) is 1.85. The summed E-state index contributed by atoms with van der Waals surface area (Å²) in [6.45, 7) is 4.08. The first-order valence-corrected chi connectivity index (χ1v) is 15.8. The number of likely N-dealkylation sites (N-methyl/N-ethyl adjacent to an activating group) is 1. The number of halogens is 1. The predicted octanol–water partition coefficient (Wildman–Crippen LogP) is 5.13. The molecule has 2 amide bonds. The van der Waals surface area contributed by atoms with Gasteiger partial charge in [0.25, 0.3) is 11.8 Å². The van der Waals surface area contributed by atoms with Crippen LogP contribution in [-0.2, 0) is 17.8 Å². The van der Waals surface area contributed by atoms with Crippen molar-refractivity contribution < 1.29 is 18.5 Å². The third-order valence-corrected chi connectivity index (χ3v) is 10.2. The van der Waals surface area contributed by atoms with Crippen molar-refractivity contribution in [1.29, 1.82) is 0 Å². The van der Waals surface area contributed by atoms with Gasteiger partial charge in [0.2, 0.25) is 0 Å². The first kappa shape index (κ1) is 28.4.